The smallest absolute Gasteiger partial charge is 0.310 e. The third-order valence-electron chi connectivity index (χ3n) is 3.36. The molecule has 1 aromatic carbocycles. The molecule has 1 aliphatic carbocycles. The molecule has 0 saturated heterocycles. The van der Waals surface area contributed by atoms with Crippen LogP contribution in [-0.2, 0) is 9.53 Å². The van der Waals surface area contributed by atoms with Gasteiger partial charge in [-0.05, 0) is 49.5 Å². The van der Waals surface area contributed by atoms with E-state index in [-0.39, 0.29) is 11.7 Å². The molecule has 20 heavy (non-hydrogen) atoms. The Balaban J connectivity index is 2.20. The fourth-order valence-electron chi connectivity index (χ4n) is 2.38. The Morgan fingerprint density at radius 1 is 1.40 bits per heavy atom. The Bertz CT molecular complexity index is 541. The van der Waals surface area contributed by atoms with Crippen LogP contribution < -0.4 is 0 Å². The number of para-hydroxylation sites is 1. The number of phenols is 1. The number of phenolic OH excluding ortho intramolecular Hbond substituents is 1. The molecule has 0 amide bonds. The fourth-order valence-corrected chi connectivity index (χ4v) is 2.38. The topological polar surface area (TPSA) is 46.5 Å². The summed E-state index contributed by atoms with van der Waals surface area (Å²) in [6.45, 7) is 2.22. The molecule has 0 aromatic heterocycles. The summed E-state index contributed by atoms with van der Waals surface area (Å²) in [6.07, 6.45) is 7.39. The van der Waals surface area contributed by atoms with E-state index in [4.69, 9.17) is 4.74 Å². The first-order valence-corrected chi connectivity index (χ1v) is 7.04. The normalized spacial score (nSPS) is 16.9. The molecule has 3 nitrogen and oxygen atoms in total. The lowest BCUT2D eigenvalue weighted by Gasteiger charge is -2.17. The molecular formula is C17H20O3. The third-order valence-corrected chi connectivity index (χ3v) is 3.36. The van der Waals surface area contributed by atoms with Crippen LogP contribution in [0.4, 0.5) is 0 Å². The highest BCUT2D eigenvalue weighted by Gasteiger charge is 2.15. The van der Waals surface area contributed by atoms with Crippen LogP contribution in [-0.4, -0.2) is 17.7 Å². The van der Waals surface area contributed by atoms with Gasteiger partial charge in [0.25, 0.3) is 0 Å². The predicted molar refractivity (Wildman–Crippen MR) is 79.3 cm³/mol. The van der Waals surface area contributed by atoms with Crippen LogP contribution in [0, 0.1) is 0 Å². The molecular weight excluding hydrogens is 252 g/mol. The monoisotopic (exact) mass is 272 g/mol. The Labute approximate surface area is 119 Å². The van der Waals surface area contributed by atoms with Gasteiger partial charge < -0.3 is 9.84 Å². The van der Waals surface area contributed by atoms with Crippen molar-refractivity contribution < 1.29 is 14.6 Å². The highest BCUT2D eigenvalue weighted by atomic mass is 16.5. The van der Waals surface area contributed by atoms with Gasteiger partial charge in [-0.1, -0.05) is 24.3 Å². The van der Waals surface area contributed by atoms with Crippen molar-refractivity contribution in [3.8, 4) is 5.75 Å². The zero-order chi connectivity index (χ0) is 14.4. The van der Waals surface area contributed by atoms with E-state index < -0.39 is 0 Å². The zero-order valence-corrected chi connectivity index (χ0v) is 11.8. The van der Waals surface area contributed by atoms with Gasteiger partial charge in [-0.15, -0.1) is 0 Å². The highest BCUT2D eigenvalue weighted by Crippen LogP contribution is 2.30. The van der Waals surface area contributed by atoms with Crippen LogP contribution in [0.1, 0.15) is 38.2 Å². The van der Waals surface area contributed by atoms with E-state index in [1.807, 2.05) is 25.1 Å². The van der Waals surface area contributed by atoms with Crippen molar-refractivity contribution in [3.05, 3.63) is 47.1 Å². The SMILES string of the molecule is CCOC(=O)CC1=CCCC/C1=C\c1ccccc1O. The summed E-state index contributed by atoms with van der Waals surface area (Å²) in [6, 6.07) is 7.24. The summed E-state index contributed by atoms with van der Waals surface area (Å²) in [5.41, 5.74) is 2.93. The van der Waals surface area contributed by atoms with Gasteiger partial charge in [0.2, 0.25) is 0 Å². The molecule has 0 spiro atoms. The maximum absolute atomic E-state index is 11.6. The van der Waals surface area contributed by atoms with E-state index in [2.05, 4.69) is 6.08 Å². The molecule has 0 unspecified atom stereocenters. The summed E-state index contributed by atoms with van der Waals surface area (Å²) in [7, 11) is 0. The Kier molecular flexibility index (Phi) is 4.99. The first-order valence-electron chi connectivity index (χ1n) is 7.04. The molecule has 1 N–H and O–H groups in total. The number of ether oxygens (including phenoxy) is 1. The van der Waals surface area contributed by atoms with Gasteiger partial charge in [-0.3, -0.25) is 4.79 Å². The Morgan fingerprint density at radius 3 is 2.95 bits per heavy atom. The van der Waals surface area contributed by atoms with E-state index in [0.29, 0.717) is 13.0 Å². The van der Waals surface area contributed by atoms with Gasteiger partial charge in [0.05, 0.1) is 13.0 Å². The molecule has 1 aliphatic rings. The molecule has 0 heterocycles. The molecule has 0 fully saturated rings. The van der Waals surface area contributed by atoms with E-state index in [9.17, 15) is 9.90 Å². The predicted octanol–water partition coefficient (Wildman–Crippen LogP) is 3.84. The van der Waals surface area contributed by atoms with E-state index >= 15 is 0 Å². The lowest BCUT2D eigenvalue weighted by Crippen LogP contribution is -2.08. The number of rotatable bonds is 4. The standard InChI is InChI=1S/C17H20O3/c1-2-20-17(19)12-14-8-4-3-7-13(14)11-15-9-5-6-10-16(15)18/h5-6,8-11,18H,2-4,7,12H2,1H3/b13-11+. The second kappa shape index (κ2) is 6.94. The van der Waals surface area contributed by atoms with Gasteiger partial charge in [-0.2, -0.15) is 0 Å². The van der Waals surface area contributed by atoms with Crippen LogP contribution in [0.15, 0.2) is 41.5 Å². The van der Waals surface area contributed by atoms with Gasteiger partial charge in [0, 0.05) is 5.56 Å². The van der Waals surface area contributed by atoms with Gasteiger partial charge in [-0.25, -0.2) is 0 Å². The summed E-state index contributed by atoms with van der Waals surface area (Å²) in [5.74, 6) is 0.0740. The number of hydrogen-bond donors (Lipinski definition) is 1. The zero-order valence-electron chi connectivity index (χ0n) is 11.8. The summed E-state index contributed by atoms with van der Waals surface area (Å²) < 4.78 is 5.01. The first-order chi connectivity index (χ1) is 9.70. The number of allylic oxidation sites excluding steroid dienone is 2. The number of benzene rings is 1. The summed E-state index contributed by atoms with van der Waals surface area (Å²) in [5, 5.41) is 9.84. The lowest BCUT2D eigenvalue weighted by atomic mass is 9.90. The highest BCUT2D eigenvalue weighted by molar-refractivity contribution is 5.76. The van der Waals surface area contributed by atoms with Crippen LogP contribution in [0.3, 0.4) is 0 Å². The fraction of sp³-hybridized carbons (Fsp3) is 0.353. The minimum Gasteiger partial charge on any atom is -0.507 e. The average molecular weight is 272 g/mol. The molecule has 0 saturated carbocycles. The molecule has 1 aromatic rings. The molecule has 0 aliphatic heterocycles. The van der Waals surface area contributed by atoms with Gasteiger partial charge in [0.15, 0.2) is 0 Å². The number of carbonyl (C=O) groups excluding carboxylic acids is 1. The van der Waals surface area contributed by atoms with E-state index in [1.54, 1.807) is 12.1 Å². The second-order valence-corrected chi connectivity index (χ2v) is 4.83. The van der Waals surface area contributed by atoms with Crippen molar-refractivity contribution in [1.82, 2.24) is 0 Å². The quantitative estimate of drug-likeness (QED) is 0.847. The molecule has 106 valence electrons. The van der Waals surface area contributed by atoms with Crippen LogP contribution in [0.5, 0.6) is 5.75 Å². The van der Waals surface area contributed by atoms with Crippen molar-refractivity contribution in [2.75, 3.05) is 6.61 Å². The number of esters is 1. The van der Waals surface area contributed by atoms with Crippen molar-refractivity contribution in [3.63, 3.8) is 0 Å². The summed E-state index contributed by atoms with van der Waals surface area (Å²) in [4.78, 5) is 11.6. The van der Waals surface area contributed by atoms with E-state index in [1.165, 1.54) is 0 Å². The Hall–Kier alpha value is -2.03. The lowest BCUT2D eigenvalue weighted by molar-refractivity contribution is -0.142. The molecule has 0 atom stereocenters. The first kappa shape index (κ1) is 14.4. The van der Waals surface area contributed by atoms with Crippen LogP contribution in [0.2, 0.25) is 0 Å². The minimum absolute atomic E-state index is 0.191. The largest absolute Gasteiger partial charge is 0.507 e. The second-order valence-electron chi connectivity index (χ2n) is 4.83. The maximum Gasteiger partial charge on any atom is 0.310 e. The molecule has 0 bridgehead atoms. The molecule has 0 radical (unpaired) electrons. The number of hydrogen-bond acceptors (Lipinski definition) is 3. The van der Waals surface area contributed by atoms with Crippen molar-refractivity contribution in [1.29, 1.82) is 0 Å². The van der Waals surface area contributed by atoms with Crippen molar-refractivity contribution >= 4 is 12.0 Å². The van der Waals surface area contributed by atoms with Gasteiger partial charge >= 0.3 is 5.97 Å². The van der Waals surface area contributed by atoms with Crippen molar-refractivity contribution in [2.24, 2.45) is 0 Å². The van der Waals surface area contributed by atoms with Gasteiger partial charge in [0.1, 0.15) is 5.75 Å². The third kappa shape index (κ3) is 3.73. The molecule has 2 rings (SSSR count). The maximum atomic E-state index is 11.6. The Morgan fingerprint density at radius 2 is 2.20 bits per heavy atom. The van der Waals surface area contributed by atoms with Crippen molar-refractivity contribution in [2.45, 2.75) is 32.6 Å². The number of carbonyl (C=O) groups is 1. The van der Waals surface area contributed by atoms with Crippen LogP contribution >= 0.6 is 0 Å². The van der Waals surface area contributed by atoms with E-state index in [0.717, 1.165) is 36.0 Å². The van der Waals surface area contributed by atoms with Crippen LogP contribution in [0.25, 0.3) is 6.08 Å². The summed E-state index contributed by atoms with van der Waals surface area (Å²) >= 11 is 0. The molecule has 3 heteroatoms. The number of aromatic hydroxyl groups is 1. The minimum atomic E-state index is -0.191. The average Bonchev–Trinajstić information content (AvgIpc) is 2.44.